The van der Waals surface area contributed by atoms with E-state index in [4.69, 9.17) is 0 Å². The number of aliphatic hydroxyl groups is 1. The number of aromatic nitrogens is 2. The molecule has 0 aromatic carbocycles. The lowest BCUT2D eigenvalue weighted by atomic mass is 9.98. The van der Waals surface area contributed by atoms with Crippen molar-refractivity contribution < 1.29 is 5.11 Å². The first kappa shape index (κ1) is 14.1. The zero-order chi connectivity index (χ0) is 13.7. The summed E-state index contributed by atoms with van der Waals surface area (Å²) in [6.45, 7) is 7.25. The van der Waals surface area contributed by atoms with Crippen molar-refractivity contribution >= 4 is 11.6 Å². The van der Waals surface area contributed by atoms with Gasteiger partial charge in [-0.25, -0.2) is 9.97 Å². The number of rotatable bonds is 5. The smallest absolute Gasteiger partial charge is 0.137 e. The minimum Gasteiger partial charge on any atom is -0.396 e. The molecule has 0 spiro atoms. The van der Waals surface area contributed by atoms with E-state index in [9.17, 15) is 5.11 Å². The molecule has 0 aliphatic carbocycles. The lowest BCUT2D eigenvalue weighted by Crippen LogP contribution is -2.38. The first-order chi connectivity index (χ1) is 9.30. The van der Waals surface area contributed by atoms with Gasteiger partial charge in [0.2, 0.25) is 0 Å². The van der Waals surface area contributed by atoms with E-state index in [1.165, 1.54) is 5.56 Å². The third kappa shape index (κ3) is 3.15. The molecule has 1 aliphatic rings. The average molecular weight is 264 g/mol. The zero-order valence-corrected chi connectivity index (χ0v) is 11.9. The van der Waals surface area contributed by atoms with Gasteiger partial charge in [0.25, 0.3) is 0 Å². The van der Waals surface area contributed by atoms with Gasteiger partial charge in [-0.15, -0.1) is 0 Å². The summed E-state index contributed by atoms with van der Waals surface area (Å²) in [6, 6.07) is 0. The maximum atomic E-state index is 9.35. The summed E-state index contributed by atoms with van der Waals surface area (Å²) in [6.07, 6.45) is 4.78. The van der Waals surface area contributed by atoms with Crippen LogP contribution in [0.25, 0.3) is 0 Å². The van der Waals surface area contributed by atoms with Gasteiger partial charge in [-0.3, -0.25) is 0 Å². The van der Waals surface area contributed by atoms with Crippen LogP contribution in [0.4, 0.5) is 11.6 Å². The molecule has 2 heterocycles. The summed E-state index contributed by atoms with van der Waals surface area (Å²) in [5.74, 6) is 2.35. The number of nitrogens with zero attached hydrogens (tertiary/aromatic N) is 3. The van der Waals surface area contributed by atoms with Gasteiger partial charge >= 0.3 is 0 Å². The van der Waals surface area contributed by atoms with Crippen molar-refractivity contribution in [2.75, 3.05) is 36.5 Å². The van der Waals surface area contributed by atoms with E-state index in [1.807, 2.05) is 0 Å². The first-order valence-corrected chi connectivity index (χ1v) is 7.23. The number of nitrogens with one attached hydrogen (secondary N) is 1. The van der Waals surface area contributed by atoms with E-state index >= 15 is 0 Å². The monoisotopic (exact) mass is 264 g/mol. The molecule has 0 amide bonds. The Morgan fingerprint density at radius 2 is 2.26 bits per heavy atom. The third-order valence-electron chi connectivity index (χ3n) is 3.70. The summed E-state index contributed by atoms with van der Waals surface area (Å²) >= 11 is 0. The summed E-state index contributed by atoms with van der Waals surface area (Å²) in [4.78, 5) is 11.1. The molecule has 1 aliphatic heterocycles. The fourth-order valence-corrected chi connectivity index (χ4v) is 2.73. The van der Waals surface area contributed by atoms with Gasteiger partial charge in [0.05, 0.1) is 0 Å². The van der Waals surface area contributed by atoms with E-state index in [0.29, 0.717) is 5.92 Å². The molecule has 106 valence electrons. The molecule has 5 heteroatoms. The zero-order valence-electron chi connectivity index (χ0n) is 11.9. The van der Waals surface area contributed by atoms with Crippen LogP contribution in [0.1, 0.15) is 32.3 Å². The van der Waals surface area contributed by atoms with Crippen LogP contribution in [0.15, 0.2) is 6.33 Å². The fraction of sp³-hybridized carbons (Fsp3) is 0.714. The van der Waals surface area contributed by atoms with Crippen LogP contribution in [0.2, 0.25) is 0 Å². The number of piperidine rings is 1. The van der Waals surface area contributed by atoms with Crippen molar-refractivity contribution in [1.82, 2.24) is 9.97 Å². The summed E-state index contributed by atoms with van der Waals surface area (Å²) in [5, 5.41) is 12.7. The predicted molar refractivity (Wildman–Crippen MR) is 77.6 cm³/mol. The Morgan fingerprint density at radius 3 is 2.95 bits per heavy atom. The van der Waals surface area contributed by atoms with E-state index in [1.54, 1.807) is 6.33 Å². The SMILES string of the molecule is CCNc1ncnc(N2CCCC(CO)C2)c1CC. The van der Waals surface area contributed by atoms with Gasteiger partial charge in [-0.05, 0) is 32.1 Å². The van der Waals surface area contributed by atoms with Crippen molar-refractivity contribution in [2.24, 2.45) is 5.92 Å². The summed E-state index contributed by atoms with van der Waals surface area (Å²) < 4.78 is 0. The highest BCUT2D eigenvalue weighted by molar-refractivity contribution is 5.59. The maximum absolute atomic E-state index is 9.35. The quantitative estimate of drug-likeness (QED) is 0.847. The second-order valence-corrected chi connectivity index (χ2v) is 5.05. The lowest BCUT2D eigenvalue weighted by molar-refractivity contribution is 0.208. The van der Waals surface area contributed by atoms with Crippen LogP contribution in [-0.4, -0.2) is 41.3 Å². The van der Waals surface area contributed by atoms with Crippen LogP contribution in [0.5, 0.6) is 0 Å². The molecule has 1 saturated heterocycles. The highest BCUT2D eigenvalue weighted by Gasteiger charge is 2.23. The van der Waals surface area contributed by atoms with Crippen molar-refractivity contribution in [3.8, 4) is 0 Å². The van der Waals surface area contributed by atoms with Crippen molar-refractivity contribution in [1.29, 1.82) is 0 Å². The molecule has 0 saturated carbocycles. The molecule has 5 nitrogen and oxygen atoms in total. The highest BCUT2D eigenvalue weighted by atomic mass is 16.3. The Bertz CT molecular complexity index is 410. The standard InChI is InChI=1S/C14H24N4O/c1-3-12-13(15-4-2)16-10-17-14(12)18-7-5-6-11(8-18)9-19/h10-11,19H,3-9H2,1-2H3,(H,15,16,17). The second-order valence-electron chi connectivity index (χ2n) is 5.05. The Hall–Kier alpha value is -1.36. The Morgan fingerprint density at radius 1 is 1.42 bits per heavy atom. The van der Waals surface area contributed by atoms with Crippen LogP contribution >= 0.6 is 0 Å². The normalized spacial score (nSPS) is 19.5. The van der Waals surface area contributed by atoms with Crippen LogP contribution in [0, 0.1) is 5.92 Å². The van der Waals surface area contributed by atoms with E-state index in [0.717, 1.165) is 50.5 Å². The third-order valence-corrected chi connectivity index (χ3v) is 3.70. The van der Waals surface area contributed by atoms with Gasteiger partial charge in [0.15, 0.2) is 0 Å². The molecule has 1 aromatic heterocycles. The molecule has 2 N–H and O–H groups in total. The number of hydrogen-bond donors (Lipinski definition) is 2. The average Bonchev–Trinajstić information content (AvgIpc) is 2.47. The number of aliphatic hydroxyl groups excluding tert-OH is 1. The van der Waals surface area contributed by atoms with E-state index in [2.05, 4.69) is 34.0 Å². The van der Waals surface area contributed by atoms with E-state index < -0.39 is 0 Å². The van der Waals surface area contributed by atoms with Gasteiger partial charge in [0, 0.05) is 31.8 Å². The Balaban J connectivity index is 2.25. The maximum Gasteiger partial charge on any atom is 0.137 e. The fourth-order valence-electron chi connectivity index (χ4n) is 2.73. The molecule has 1 atom stereocenters. The van der Waals surface area contributed by atoms with Gasteiger partial charge in [-0.1, -0.05) is 6.92 Å². The molecule has 0 radical (unpaired) electrons. The summed E-state index contributed by atoms with van der Waals surface area (Å²) in [5.41, 5.74) is 1.18. The molecule has 19 heavy (non-hydrogen) atoms. The summed E-state index contributed by atoms with van der Waals surface area (Å²) in [7, 11) is 0. The van der Waals surface area contributed by atoms with Crippen LogP contribution < -0.4 is 10.2 Å². The molecule has 0 bridgehead atoms. The van der Waals surface area contributed by atoms with Crippen LogP contribution in [-0.2, 0) is 6.42 Å². The van der Waals surface area contributed by atoms with Gasteiger partial charge < -0.3 is 15.3 Å². The predicted octanol–water partition coefficient (Wildman–Crippen LogP) is 1.68. The van der Waals surface area contributed by atoms with Gasteiger partial charge in [-0.2, -0.15) is 0 Å². The van der Waals surface area contributed by atoms with E-state index in [-0.39, 0.29) is 6.61 Å². The lowest BCUT2D eigenvalue weighted by Gasteiger charge is -2.34. The molecular formula is C14H24N4O. The molecule has 1 unspecified atom stereocenters. The molecule has 2 rings (SSSR count). The molecule has 1 fully saturated rings. The van der Waals surface area contributed by atoms with Crippen molar-refractivity contribution in [3.63, 3.8) is 0 Å². The number of anilines is 2. The second kappa shape index (κ2) is 6.70. The Kier molecular flexibility index (Phi) is 4.96. The topological polar surface area (TPSA) is 61.3 Å². The first-order valence-electron chi connectivity index (χ1n) is 7.23. The minimum atomic E-state index is 0.267. The highest BCUT2D eigenvalue weighted by Crippen LogP contribution is 2.27. The van der Waals surface area contributed by atoms with Crippen molar-refractivity contribution in [3.05, 3.63) is 11.9 Å². The molecule has 1 aromatic rings. The largest absolute Gasteiger partial charge is 0.396 e. The minimum absolute atomic E-state index is 0.267. The van der Waals surface area contributed by atoms with Crippen LogP contribution in [0.3, 0.4) is 0 Å². The van der Waals surface area contributed by atoms with Crippen molar-refractivity contribution in [2.45, 2.75) is 33.1 Å². The Labute approximate surface area is 115 Å². The van der Waals surface area contributed by atoms with Gasteiger partial charge in [0.1, 0.15) is 18.0 Å². The molecular weight excluding hydrogens is 240 g/mol. The number of hydrogen-bond acceptors (Lipinski definition) is 5.